The fourth-order valence-corrected chi connectivity index (χ4v) is 1.00. The molecule has 0 aliphatic carbocycles. The molecule has 2 N–H and O–H groups in total. The number of benzene rings is 1. The number of likely N-dealkylation sites (N-methyl/N-ethyl adjacent to an activating group) is 1. The van der Waals surface area contributed by atoms with Crippen LogP contribution in [0.25, 0.3) is 0 Å². The summed E-state index contributed by atoms with van der Waals surface area (Å²) < 4.78 is 6.48. The average Bonchev–Trinajstić information content (AvgIpc) is 2.06. The van der Waals surface area contributed by atoms with Crippen LogP contribution in [0.15, 0.2) is 24.3 Å². The van der Waals surface area contributed by atoms with E-state index in [2.05, 4.69) is 21.1 Å². The lowest BCUT2D eigenvalue weighted by atomic mass is 10.3. The van der Waals surface area contributed by atoms with Crippen molar-refractivity contribution >= 4 is 5.69 Å². The third-order valence-electron chi connectivity index (χ3n) is 1.91. The van der Waals surface area contributed by atoms with Gasteiger partial charge in [0.2, 0.25) is 0 Å². The molecule has 1 aromatic carbocycles. The van der Waals surface area contributed by atoms with Crippen molar-refractivity contribution in [3.05, 3.63) is 24.3 Å². The molecular formula is C11H19N2O+. The molecule has 1 rings (SSSR count). The monoisotopic (exact) mass is 195 g/mol. The Labute approximate surface area is 85.7 Å². The summed E-state index contributed by atoms with van der Waals surface area (Å²) in [6.07, 6.45) is 0. The van der Waals surface area contributed by atoms with Gasteiger partial charge in [0, 0.05) is 5.69 Å². The second kappa shape index (κ2) is 4.33. The quantitative estimate of drug-likeness (QED) is 0.581. The summed E-state index contributed by atoms with van der Waals surface area (Å²) in [5.74, 6) is 0.882. The summed E-state index contributed by atoms with van der Waals surface area (Å²) in [5.41, 5.74) is 6.33. The maximum atomic E-state index is 5.57. The molecule has 0 aromatic heterocycles. The highest BCUT2D eigenvalue weighted by atomic mass is 16.5. The van der Waals surface area contributed by atoms with E-state index in [0.29, 0.717) is 0 Å². The molecule has 0 aliphatic heterocycles. The molecule has 78 valence electrons. The molecule has 0 heterocycles. The Hall–Kier alpha value is -1.22. The van der Waals surface area contributed by atoms with Crippen LogP contribution in [0.4, 0.5) is 5.69 Å². The Kier molecular flexibility index (Phi) is 3.36. The zero-order valence-corrected chi connectivity index (χ0v) is 9.16. The van der Waals surface area contributed by atoms with Gasteiger partial charge in [-0.05, 0) is 24.3 Å². The third-order valence-corrected chi connectivity index (χ3v) is 1.91. The third kappa shape index (κ3) is 4.14. The van der Waals surface area contributed by atoms with E-state index in [9.17, 15) is 0 Å². The first kappa shape index (κ1) is 10.9. The largest absolute Gasteiger partial charge is 0.488 e. The van der Waals surface area contributed by atoms with Crippen LogP contribution in [0.3, 0.4) is 0 Å². The number of rotatable bonds is 4. The van der Waals surface area contributed by atoms with Crippen molar-refractivity contribution in [1.29, 1.82) is 0 Å². The molecule has 0 saturated carbocycles. The maximum Gasteiger partial charge on any atom is 0.137 e. The summed E-state index contributed by atoms with van der Waals surface area (Å²) >= 11 is 0. The lowest BCUT2D eigenvalue weighted by Crippen LogP contribution is -2.38. The second-order valence-corrected chi connectivity index (χ2v) is 4.43. The van der Waals surface area contributed by atoms with Gasteiger partial charge in [0.15, 0.2) is 0 Å². The molecule has 0 atom stereocenters. The normalized spacial score (nSPS) is 11.4. The Morgan fingerprint density at radius 1 is 1.14 bits per heavy atom. The number of hydrogen-bond acceptors (Lipinski definition) is 2. The number of nitrogens with zero attached hydrogens (tertiary/aromatic N) is 1. The van der Waals surface area contributed by atoms with Crippen LogP contribution in [-0.4, -0.2) is 38.8 Å². The van der Waals surface area contributed by atoms with Gasteiger partial charge in [-0.3, -0.25) is 0 Å². The maximum absolute atomic E-state index is 5.57. The van der Waals surface area contributed by atoms with E-state index >= 15 is 0 Å². The van der Waals surface area contributed by atoms with Crippen LogP contribution in [0.2, 0.25) is 0 Å². The van der Waals surface area contributed by atoms with Crippen molar-refractivity contribution < 1.29 is 9.22 Å². The highest BCUT2D eigenvalue weighted by Crippen LogP contribution is 2.12. The molecule has 3 nitrogen and oxygen atoms in total. The van der Waals surface area contributed by atoms with Crippen LogP contribution in [0.5, 0.6) is 5.75 Å². The van der Waals surface area contributed by atoms with Gasteiger partial charge in [0.25, 0.3) is 0 Å². The molecule has 0 fully saturated rings. The van der Waals surface area contributed by atoms with E-state index in [1.807, 2.05) is 24.3 Å². The topological polar surface area (TPSA) is 35.2 Å². The molecule has 0 spiro atoms. The first-order valence-electron chi connectivity index (χ1n) is 4.76. The highest BCUT2D eigenvalue weighted by molar-refractivity contribution is 5.41. The van der Waals surface area contributed by atoms with Gasteiger partial charge in [0.1, 0.15) is 18.9 Å². The minimum Gasteiger partial charge on any atom is -0.488 e. The smallest absolute Gasteiger partial charge is 0.137 e. The van der Waals surface area contributed by atoms with Gasteiger partial charge in [-0.2, -0.15) is 0 Å². The number of anilines is 1. The Balaban J connectivity index is 2.35. The van der Waals surface area contributed by atoms with Gasteiger partial charge in [-0.25, -0.2) is 0 Å². The number of hydrogen-bond donors (Lipinski definition) is 1. The molecule has 0 unspecified atom stereocenters. The van der Waals surface area contributed by atoms with Gasteiger partial charge in [-0.15, -0.1) is 0 Å². The molecule has 0 aliphatic rings. The fourth-order valence-electron chi connectivity index (χ4n) is 1.00. The standard InChI is InChI=1S/C11H19N2O/c1-13(2,3)8-9-14-11-6-4-10(12)5-7-11/h4-7H,8-9,12H2,1-3H3/q+1. The van der Waals surface area contributed by atoms with E-state index < -0.39 is 0 Å². The zero-order valence-electron chi connectivity index (χ0n) is 9.16. The molecule has 14 heavy (non-hydrogen) atoms. The predicted molar refractivity (Wildman–Crippen MR) is 59.2 cm³/mol. The molecule has 3 heteroatoms. The summed E-state index contributed by atoms with van der Waals surface area (Å²) in [6, 6.07) is 7.48. The van der Waals surface area contributed by atoms with Gasteiger partial charge in [0.05, 0.1) is 21.1 Å². The minimum atomic E-state index is 0.730. The van der Waals surface area contributed by atoms with Crippen LogP contribution < -0.4 is 10.5 Å². The minimum absolute atomic E-state index is 0.730. The average molecular weight is 195 g/mol. The van der Waals surface area contributed by atoms with Crippen molar-refractivity contribution in [3.8, 4) is 5.75 Å². The summed E-state index contributed by atoms with van der Waals surface area (Å²) in [7, 11) is 6.44. The predicted octanol–water partition coefficient (Wildman–Crippen LogP) is 1.35. The second-order valence-electron chi connectivity index (χ2n) is 4.43. The van der Waals surface area contributed by atoms with E-state index in [-0.39, 0.29) is 0 Å². The van der Waals surface area contributed by atoms with Crippen molar-refractivity contribution in [3.63, 3.8) is 0 Å². The van der Waals surface area contributed by atoms with E-state index in [1.165, 1.54) is 0 Å². The lowest BCUT2D eigenvalue weighted by Gasteiger charge is -2.23. The Morgan fingerprint density at radius 3 is 2.21 bits per heavy atom. The lowest BCUT2D eigenvalue weighted by molar-refractivity contribution is -0.870. The number of quaternary nitrogens is 1. The molecule has 1 aromatic rings. The molecule has 0 radical (unpaired) electrons. The molecular weight excluding hydrogens is 176 g/mol. The Morgan fingerprint density at radius 2 is 1.71 bits per heavy atom. The van der Waals surface area contributed by atoms with E-state index in [0.717, 1.165) is 29.1 Å². The van der Waals surface area contributed by atoms with Crippen LogP contribution in [0.1, 0.15) is 0 Å². The summed E-state index contributed by atoms with van der Waals surface area (Å²) in [4.78, 5) is 0. The summed E-state index contributed by atoms with van der Waals surface area (Å²) in [5, 5.41) is 0. The Bertz CT molecular complexity index is 274. The van der Waals surface area contributed by atoms with E-state index in [1.54, 1.807) is 0 Å². The van der Waals surface area contributed by atoms with Crippen LogP contribution in [0, 0.1) is 0 Å². The van der Waals surface area contributed by atoms with Crippen molar-refractivity contribution in [1.82, 2.24) is 0 Å². The van der Waals surface area contributed by atoms with Crippen LogP contribution in [-0.2, 0) is 0 Å². The molecule has 0 bridgehead atoms. The highest BCUT2D eigenvalue weighted by Gasteiger charge is 2.06. The van der Waals surface area contributed by atoms with Gasteiger partial charge >= 0.3 is 0 Å². The van der Waals surface area contributed by atoms with E-state index in [4.69, 9.17) is 10.5 Å². The van der Waals surface area contributed by atoms with Crippen molar-refractivity contribution in [2.75, 3.05) is 40.0 Å². The number of ether oxygens (including phenoxy) is 1. The zero-order chi connectivity index (χ0) is 10.6. The fraction of sp³-hybridized carbons (Fsp3) is 0.455. The number of nitrogen functional groups attached to an aromatic ring is 1. The first-order valence-corrected chi connectivity index (χ1v) is 4.76. The van der Waals surface area contributed by atoms with Crippen molar-refractivity contribution in [2.24, 2.45) is 0 Å². The molecule has 0 saturated heterocycles. The SMILES string of the molecule is C[N+](C)(C)CCOc1ccc(N)cc1. The van der Waals surface area contributed by atoms with Gasteiger partial charge in [-0.1, -0.05) is 0 Å². The first-order chi connectivity index (χ1) is 6.47. The van der Waals surface area contributed by atoms with Gasteiger partial charge < -0.3 is 15.0 Å². The number of nitrogens with two attached hydrogens (primary N) is 1. The summed E-state index contributed by atoms with van der Waals surface area (Å²) in [6.45, 7) is 1.72. The van der Waals surface area contributed by atoms with Crippen molar-refractivity contribution in [2.45, 2.75) is 0 Å². The molecule has 0 amide bonds. The van der Waals surface area contributed by atoms with Crippen LogP contribution >= 0.6 is 0 Å².